The van der Waals surface area contributed by atoms with Gasteiger partial charge in [-0.3, -0.25) is 14.5 Å². The minimum atomic E-state index is -1.14. The maximum Gasteiger partial charge on any atom is 0.323 e. The highest BCUT2D eigenvalue weighted by Gasteiger charge is 2.26. The quantitative estimate of drug-likeness (QED) is 0.238. The number of aliphatic hydroxyl groups excluding tert-OH is 3. The van der Waals surface area contributed by atoms with Crippen LogP contribution >= 0.6 is 0 Å². The van der Waals surface area contributed by atoms with E-state index in [1.165, 1.54) is 28.0 Å². The van der Waals surface area contributed by atoms with Gasteiger partial charge in [-0.1, -0.05) is 30.3 Å². The molecule has 184 valence electrons. The lowest BCUT2D eigenvalue weighted by atomic mass is 10.1. The Morgan fingerprint density at radius 3 is 1.82 bits per heavy atom. The number of phenolic OH excluding ortho intramolecular Hbond substituents is 2. The number of rotatable bonds is 11. The first kappa shape index (κ1) is 29.6. The first-order valence-corrected chi connectivity index (χ1v) is 9.79. The van der Waals surface area contributed by atoms with Crippen LogP contribution in [0.2, 0.25) is 0 Å². The number of benzene rings is 2. The van der Waals surface area contributed by atoms with Crippen molar-refractivity contribution in [2.75, 3.05) is 45.4 Å². The number of hydrogen-bond acceptors (Lipinski definition) is 9. The molecule has 0 bridgehead atoms. The molecule has 2 aromatic rings. The summed E-state index contributed by atoms with van der Waals surface area (Å²) >= 11 is 0. The number of anilines is 1. The fraction of sp³-hybridized carbons (Fsp3) is 0.364. The van der Waals surface area contributed by atoms with E-state index < -0.39 is 37.7 Å². The van der Waals surface area contributed by atoms with E-state index in [0.29, 0.717) is 5.56 Å². The number of phenols is 2. The molecule has 7 N–H and O–H groups in total. The number of aliphatic hydroxyl groups is 3. The van der Waals surface area contributed by atoms with Crippen molar-refractivity contribution in [3.05, 3.63) is 54.1 Å². The summed E-state index contributed by atoms with van der Waals surface area (Å²) in [5, 5.41) is 62.6. The van der Waals surface area contributed by atoms with Crippen molar-refractivity contribution in [2.24, 2.45) is 0 Å². The molecule has 1 atom stereocenters. The molecule has 0 aliphatic carbocycles. The molecule has 11 heteroatoms. The molecular weight excluding hydrogens is 436 g/mol. The van der Waals surface area contributed by atoms with Crippen LogP contribution in [0.4, 0.5) is 5.69 Å². The van der Waals surface area contributed by atoms with E-state index in [2.05, 4.69) is 0 Å². The number of hydrogen-bond donors (Lipinski definition) is 7. The van der Waals surface area contributed by atoms with Crippen molar-refractivity contribution >= 4 is 17.6 Å². The summed E-state index contributed by atoms with van der Waals surface area (Å²) in [7, 11) is 2.00. The van der Waals surface area contributed by atoms with Crippen LogP contribution in [0.3, 0.4) is 0 Å². The molecule has 1 unspecified atom stereocenters. The van der Waals surface area contributed by atoms with Gasteiger partial charge in [0.2, 0.25) is 0 Å². The number of nitrogens with zero attached hydrogens (tertiary/aromatic N) is 2. The summed E-state index contributed by atoms with van der Waals surface area (Å²) in [6.45, 7) is -1.36. The molecule has 0 fully saturated rings. The largest absolute Gasteiger partial charge is 0.508 e. The smallest absolute Gasteiger partial charge is 0.323 e. The van der Waals surface area contributed by atoms with Gasteiger partial charge in [0.05, 0.1) is 24.9 Å². The molecule has 0 aliphatic heterocycles. The standard InChI is InChI=1S/C20H24N2O7.2CH4O/c23-13-15(10-22(12-20(28)29)16-6-2-4-8-18(16)25)21(11-19(26)27)9-14-5-1-3-7-17(14)24;2*1-2/h1-8,15,23-25H,9-13H2,(H,26,27)(H,28,29);2*2H,1H3. The number of carboxylic acids is 2. The zero-order valence-electron chi connectivity index (χ0n) is 18.6. The number of aromatic hydroxyl groups is 2. The molecule has 0 heterocycles. The van der Waals surface area contributed by atoms with Crippen LogP contribution < -0.4 is 4.90 Å². The lowest BCUT2D eigenvalue weighted by Crippen LogP contribution is -2.49. The van der Waals surface area contributed by atoms with E-state index in [1.54, 1.807) is 30.3 Å². The van der Waals surface area contributed by atoms with Crippen molar-refractivity contribution in [3.63, 3.8) is 0 Å². The lowest BCUT2D eigenvalue weighted by molar-refractivity contribution is -0.139. The average Bonchev–Trinajstić information content (AvgIpc) is 2.80. The van der Waals surface area contributed by atoms with Crippen molar-refractivity contribution in [1.82, 2.24) is 4.90 Å². The van der Waals surface area contributed by atoms with E-state index in [-0.39, 0.29) is 30.3 Å². The zero-order valence-corrected chi connectivity index (χ0v) is 18.6. The Balaban J connectivity index is 0.00000242. The second kappa shape index (κ2) is 16.3. The van der Waals surface area contributed by atoms with Gasteiger partial charge in [-0.25, -0.2) is 0 Å². The molecule has 0 radical (unpaired) electrons. The third-order valence-electron chi connectivity index (χ3n) is 4.41. The van der Waals surface area contributed by atoms with E-state index in [0.717, 1.165) is 14.2 Å². The normalized spacial score (nSPS) is 10.8. The van der Waals surface area contributed by atoms with Crippen molar-refractivity contribution in [1.29, 1.82) is 0 Å². The van der Waals surface area contributed by atoms with Crippen molar-refractivity contribution < 1.29 is 45.3 Å². The highest BCUT2D eigenvalue weighted by atomic mass is 16.4. The van der Waals surface area contributed by atoms with Crippen LogP contribution in [0.1, 0.15) is 5.56 Å². The first-order chi connectivity index (χ1) is 15.8. The van der Waals surface area contributed by atoms with E-state index >= 15 is 0 Å². The third-order valence-corrected chi connectivity index (χ3v) is 4.41. The molecule has 0 spiro atoms. The fourth-order valence-electron chi connectivity index (χ4n) is 3.04. The highest BCUT2D eigenvalue weighted by molar-refractivity contribution is 5.75. The Labute approximate surface area is 192 Å². The minimum Gasteiger partial charge on any atom is -0.508 e. The Bertz CT molecular complexity index is 848. The number of carbonyl (C=O) groups is 2. The molecule has 0 amide bonds. The summed E-state index contributed by atoms with van der Waals surface area (Å²) < 4.78 is 0. The SMILES string of the molecule is CO.CO.O=C(O)CN(CC(CO)N(CC(=O)O)Cc1ccccc1O)c1ccccc1O. The van der Waals surface area contributed by atoms with Crippen molar-refractivity contribution in [3.8, 4) is 11.5 Å². The first-order valence-electron chi connectivity index (χ1n) is 9.79. The van der Waals surface area contributed by atoms with Crippen LogP contribution in [0.5, 0.6) is 11.5 Å². The second-order valence-electron chi connectivity index (χ2n) is 6.53. The van der Waals surface area contributed by atoms with Gasteiger partial charge in [0.15, 0.2) is 0 Å². The number of aliphatic carboxylic acids is 2. The van der Waals surface area contributed by atoms with Gasteiger partial charge in [0.1, 0.15) is 18.0 Å². The Morgan fingerprint density at radius 1 is 0.818 bits per heavy atom. The van der Waals surface area contributed by atoms with Crippen LogP contribution in [0.25, 0.3) is 0 Å². The van der Waals surface area contributed by atoms with Crippen LogP contribution in [0.15, 0.2) is 48.5 Å². The van der Waals surface area contributed by atoms with E-state index in [4.69, 9.17) is 10.2 Å². The van der Waals surface area contributed by atoms with E-state index in [9.17, 15) is 35.1 Å². The topological polar surface area (TPSA) is 182 Å². The molecule has 11 nitrogen and oxygen atoms in total. The Kier molecular flexibility index (Phi) is 14.6. The van der Waals surface area contributed by atoms with Gasteiger partial charge in [-0.05, 0) is 18.2 Å². The van der Waals surface area contributed by atoms with Crippen molar-refractivity contribution in [2.45, 2.75) is 12.6 Å². The monoisotopic (exact) mass is 468 g/mol. The summed E-state index contributed by atoms with van der Waals surface area (Å²) in [6.07, 6.45) is 0. The molecule has 0 saturated carbocycles. The van der Waals surface area contributed by atoms with Gasteiger partial charge < -0.3 is 40.6 Å². The molecule has 0 aliphatic rings. The molecule has 33 heavy (non-hydrogen) atoms. The minimum absolute atomic E-state index is 0.0114. The summed E-state index contributed by atoms with van der Waals surface area (Å²) in [4.78, 5) is 25.5. The predicted molar refractivity (Wildman–Crippen MR) is 121 cm³/mol. The number of para-hydroxylation sites is 3. The van der Waals surface area contributed by atoms with Crippen LogP contribution in [-0.4, -0.2) is 99.1 Å². The summed E-state index contributed by atoms with van der Waals surface area (Å²) in [5.74, 6) is -2.42. The molecular formula is C22H32N2O9. The Morgan fingerprint density at radius 2 is 1.33 bits per heavy atom. The van der Waals surface area contributed by atoms with E-state index in [1.807, 2.05) is 0 Å². The molecule has 2 rings (SSSR count). The average molecular weight is 469 g/mol. The molecule has 0 aromatic heterocycles. The summed E-state index contributed by atoms with van der Waals surface area (Å²) in [5.41, 5.74) is 0.728. The van der Waals surface area contributed by atoms with Gasteiger partial charge in [-0.2, -0.15) is 0 Å². The lowest BCUT2D eigenvalue weighted by Gasteiger charge is -2.34. The van der Waals surface area contributed by atoms with Gasteiger partial charge in [-0.15, -0.1) is 0 Å². The predicted octanol–water partition coefficient (Wildman–Crippen LogP) is 0.154. The van der Waals surface area contributed by atoms with Gasteiger partial charge in [0.25, 0.3) is 0 Å². The zero-order chi connectivity index (χ0) is 25.4. The maximum absolute atomic E-state index is 11.4. The molecule has 0 saturated heterocycles. The number of carboxylic acid groups (broad SMARTS) is 2. The third kappa shape index (κ3) is 10.2. The fourth-order valence-corrected chi connectivity index (χ4v) is 3.04. The highest BCUT2D eigenvalue weighted by Crippen LogP contribution is 2.27. The Hall–Kier alpha value is -3.38. The van der Waals surface area contributed by atoms with Gasteiger partial charge >= 0.3 is 11.9 Å². The second-order valence-corrected chi connectivity index (χ2v) is 6.53. The van der Waals surface area contributed by atoms with Crippen LogP contribution in [0, 0.1) is 0 Å². The van der Waals surface area contributed by atoms with Crippen LogP contribution in [-0.2, 0) is 16.1 Å². The summed E-state index contributed by atoms with van der Waals surface area (Å²) in [6, 6.07) is 11.8. The maximum atomic E-state index is 11.4. The molecule has 2 aromatic carbocycles. The van der Waals surface area contributed by atoms with Gasteiger partial charge in [0, 0.05) is 32.9 Å².